The van der Waals surface area contributed by atoms with Gasteiger partial charge in [0.1, 0.15) is 11.3 Å². The van der Waals surface area contributed by atoms with Crippen molar-refractivity contribution in [1.82, 2.24) is 9.88 Å². The van der Waals surface area contributed by atoms with E-state index in [0.717, 1.165) is 12.8 Å². The summed E-state index contributed by atoms with van der Waals surface area (Å²) in [5, 5.41) is 0.427. The van der Waals surface area contributed by atoms with Crippen molar-refractivity contribution in [3.8, 4) is 5.75 Å². The molecule has 1 fully saturated rings. The van der Waals surface area contributed by atoms with Crippen LogP contribution in [0.25, 0.3) is 10.9 Å². The summed E-state index contributed by atoms with van der Waals surface area (Å²) in [7, 11) is 2.91. The first-order valence-electron chi connectivity index (χ1n) is 8.59. The molecule has 7 heteroatoms. The molecule has 1 amide bonds. The van der Waals surface area contributed by atoms with Crippen molar-refractivity contribution in [1.29, 1.82) is 0 Å². The van der Waals surface area contributed by atoms with Crippen LogP contribution in [0.5, 0.6) is 5.75 Å². The van der Waals surface area contributed by atoms with Crippen molar-refractivity contribution in [3.63, 3.8) is 0 Å². The van der Waals surface area contributed by atoms with E-state index >= 15 is 0 Å². The molecule has 0 aliphatic carbocycles. The minimum atomic E-state index is -0.306. The molecule has 26 heavy (non-hydrogen) atoms. The molecule has 1 N–H and O–H groups in total. The second-order valence-corrected chi connectivity index (χ2v) is 6.43. The summed E-state index contributed by atoms with van der Waals surface area (Å²) in [6.45, 7) is 1.05. The van der Waals surface area contributed by atoms with Gasteiger partial charge in [0.2, 0.25) is 5.43 Å². The number of piperidine rings is 1. The third-order valence-electron chi connectivity index (χ3n) is 4.91. The van der Waals surface area contributed by atoms with Gasteiger partial charge in [-0.25, -0.2) is 0 Å². The number of hydrogen-bond donors (Lipinski definition) is 1. The van der Waals surface area contributed by atoms with E-state index in [2.05, 4.69) is 4.98 Å². The molecule has 2 heterocycles. The number of fused-ring (bicyclic) bond motifs is 1. The van der Waals surface area contributed by atoms with Crippen LogP contribution < -0.4 is 10.2 Å². The van der Waals surface area contributed by atoms with Gasteiger partial charge in [0.15, 0.2) is 0 Å². The summed E-state index contributed by atoms with van der Waals surface area (Å²) < 4.78 is 9.95. The summed E-state index contributed by atoms with van der Waals surface area (Å²) in [6, 6.07) is 5.16. The highest BCUT2D eigenvalue weighted by molar-refractivity contribution is 5.98. The van der Waals surface area contributed by atoms with Gasteiger partial charge in [0, 0.05) is 25.7 Å². The Kier molecular flexibility index (Phi) is 5.25. The molecule has 138 valence electrons. The van der Waals surface area contributed by atoms with Crippen LogP contribution >= 0.6 is 0 Å². The van der Waals surface area contributed by atoms with Crippen LogP contribution in [-0.2, 0) is 9.53 Å². The molecule has 0 unspecified atom stereocenters. The molecule has 0 atom stereocenters. The number of carbonyl (C=O) groups is 2. The van der Waals surface area contributed by atoms with Crippen LogP contribution in [0.4, 0.5) is 0 Å². The highest BCUT2D eigenvalue weighted by Gasteiger charge is 2.27. The topological polar surface area (TPSA) is 88.7 Å². The number of ether oxygens (including phenoxy) is 2. The average molecular weight is 358 g/mol. The van der Waals surface area contributed by atoms with Crippen LogP contribution in [0.3, 0.4) is 0 Å². The minimum Gasteiger partial charge on any atom is -0.495 e. The number of rotatable bonds is 4. The number of hydrogen-bond acceptors (Lipinski definition) is 5. The van der Waals surface area contributed by atoms with Crippen LogP contribution in [0.2, 0.25) is 0 Å². The van der Waals surface area contributed by atoms with Crippen LogP contribution in [0.1, 0.15) is 29.6 Å². The van der Waals surface area contributed by atoms with E-state index in [4.69, 9.17) is 9.47 Å². The number of para-hydroxylation sites is 1. The number of methoxy groups -OCH3 is 2. The Balaban J connectivity index is 1.78. The summed E-state index contributed by atoms with van der Waals surface area (Å²) in [5.74, 6) is 0.259. The Morgan fingerprint density at radius 1 is 1.23 bits per heavy atom. The SMILES string of the molecule is COC(=O)CC1CCN(C(=O)c2c[nH]c3c(OC)cccc3c2=O)CC1. The molecule has 1 aromatic heterocycles. The molecule has 1 aliphatic rings. The first kappa shape index (κ1) is 18.0. The molecular weight excluding hydrogens is 336 g/mol. The Labute approximate surface area is 150 Å². The van der Waals surface area contributed by atoms with Gasteiger partial charge in [-0.3, -0.25) is 14.4 Å². The molecule has 7 nitrogen and oxygen atoms in total. The fraction of sp³-hybridized carbons (Fsp3) is 0.421. The molecule has 1 saturated heterocycles. The fourth-order valence-corrected chi connectivity index (χ4v) is 3.38. The van der Waals surface area contributed by atoms with Gasteiger partial charge in [-0.1, -0.05) is 6.07 Å². The molecule has 3 rings (SSSR count). The van der Waals surface area contributed by atoms with Gasteiger partial charge in [0.05, 0.1) is 25.1 Å². The largest absolute Gasteiger partial charge is 0.495 e. The lowest BCUT2D eigenvalue weighted by molar-refractivity contribution is -0.142. The van der Waals surface area contributed by atoms with Crippen LogP contribution in [0, 0.1) is 5.92 Å². The predicted octanol–water partition coefficient (Wildman–Crippen LogP) is 1.95. The maximum Gasteiger partial charge on any atom is 0.305 e. The first-order valence-corrected chi connectivity index (χ1v) is 8.59. The third kappa shape index (κ3) is 3.42. The van der Waals surface area contributed by atoms with Crippen molar-refractivity contribution in [3.05, 3.63) is 40.2 Å². The average Bonchev–Trinajstić information content (AvgIpc) is 2.68. The third-order valence-corrected chi connectivity index (χ3v) is 4.91. The maximum atomic E-state index is 12.8. The maximum absolute atomic E-state index is 12.8. The number of carbonyl (C=O) groups excluding carboxylic acids is 2. The lowest BCUT2D eigenvalue weighted by atomic mass is 9.93. The normalized spacial score (nSPS) is 15.1. The number of nitrogens with zero attached hydrogens (tertiary/aromatic N) is 1. The smallest absolute Gasteiger partial charge is 0.305 e. The van der Waals surface area contributed by atoms with Gasteiger partial charge in [0.25, 0.3) is 5.91 Å². The molecular formula is C19H22N2O5. The number of H-pyrrole nitrogens is 1. The number of likely N-dealkylation sites (tertiary alicyclic amines) is 1. The molecule has 0 radical (unpaired) electrons. The number of aromatic nitrogens is 1. The number of benzene rings is 1. The summed E-state index contributed by atoms with van der Waals surface area (Å²) in [6.07, 6.45) is 3.27. The van der Waals surface area contributed by atoms with Crippen LogP contribution in [0.15, 0.2) is 29.2 Å². The van der Waals surface area contributed by atoms with E-state index in [9.17, 15) is 14.4 Å². The second-order valence-electron chi connectivity index (χ2n) is 6.43. The zero-order valence-electron chi connectivity index (χ0n) is 14.9. The van der Waals surface area contributed by atoms with E-state index in [-0.39, 0.29) is 28.8 Å². The molecule has 0 bridgehead atoms. The van der Waals surface area contributed by atoms with Crippen molar-refractivity contribution in [2.75, 3.05) is 27.3 Å². The highest BCUT2D eigenvalue weighted by atomic mass is 16.5. The van der Waals surface area contributed by atoms with Crippen molar-refractivity contribution >= 4 is 22.8 Å². The number of aromatic amines is 1. The van der Waals surface area contributed by atoms with E-state index in [1.54, 1.807) is 23.1 Å². The Bertz CT molecular complexity index is 881. The van der Waals surface area contributed by atoms with E-state index in [1.165, 1.54) is 20.4 Å². The van der Waals surface area contributed by atoms with E-state index in [1.807, 2.05) is 0 Å². The van der Waals surface area contributed by atoms with E-state index in [0.29, 0.717) is 36.2 Å². The summed E-state index contributed by atoms with van der Waals surface area (Å²) >= 11 is 0. The number of pyridine rings is 1. The first-order chi connectivity index (χ1) is 12.5. The van der Waals surface area contributed by atoms with Crippen molar-refractivity contribution in [2.24, 2.45) is 5.92 Å². The van der Waals surface area contributed by atoms with Crippen LogP contribution in [-0.4, -0.2) is 49.1 Å². The standard InChI is InChI=1S/C19H22N2O5/c1-25-15-5-3-4-13-17(15)20-11-14(18(13)23)19(24)21-8-6-12(7-9-21)10-16(22)26-2/h3-5,11-12H,6-10H2,1-2H3,(H,20,23). The molecule has 0 spiro atoms. The number of esters is 1. The lowest BCUT2D eigenvalue weighted by Crippen LogP contribution is -2.40. The summed E-state index contributed by atoms with van der Waals surface area (Å²) in [4.78, 5) is 41.6. The Morgan fingerprint density at radius 3 is 2.62 bits per heavy atom. The van der Waals surface area contributed by atoms with Crippen molar-refractivity contribution in [2.45, 2.75) is 19.3 Å². The lowest BCUT2D eigenvalue weighted by Gasteiger charge is -2.31. The Morgan fingerprint density at radius 2 is 1.96 bits per heavy atom. The number of nitrogens with one attached hydrogen (secondary N) is 1. The molecule has 0 saturated carbocycles. The fourth-order valence-electron chi connectivity index (χ4n) is 3.38. The van der Waals surface area contributed by atoms with Gasteiger partial charge in [-0.2, -0.15) is 0 Å². The molecule has 1 aliphatic heterocycles. The van der Waals surface area contributed by atoms with Gasteiger partial charge >= 0.3 is 5.97 Å². The molecule has 2 aromatic rings. The Hall–Kier alpha value is -2.83. The van der Waals surface area contributed by atoms with E-state index < -0.39 is 0 Å². The monoisotopic (exact) mass is 358 g/mol. The summed E-state index contributed by atoms with van der Waals surface area (Å²) in [5.41, 5.74) is 0.393. The second kappa shape index (κ2) is 7.59. The predicted molar refractivity (Wildman–Crippen MR) is 96.4 cm³/mol. The van der Waals surface area contributed by atoms with Gasteiger partial charge < -0.3 is 19.4 Å². The van der Waals surface area contributed by atoms with Crippen molar-refractivity contribution < 1.29 is 19.1 Å². The minimum absolute atomic E-state index is 0.122. The number of amides is 1. The zero-order chi connectivity index (χ0) is 18.7. The zero-order valence-corrected chi connectivity index (χ0v) is 14.9. The van der Waals surface area contributed by atoms with Gasteiger partial charge in [-0.05, 0) is 30.9 Å². The highest BCUT2D eigenvalue weighted by Crippen LogP contribution is 2.23. The quantitative estimate of drug-likeness (QED) is 0.844. The van der Waals surface area contributed by atoms with Gasteiger partial charge in [-0.15, -0.1) is 0 Å². The molecule has 1 aromatic carbocycles.